The van der Waals surface area contributed by atoms with Crippen LogP contribution in [0.2, 0.25) is 0 Å². The van der Waals surface area contributed by atoms with Gasteiger partial charge in [-0.2, -0.15) is 0 Å². The number of carboxylic acids is 1. The van der Waals surface area contributed by atoms with E-state index in [1.807, 2.05) is 31.7 Å². The highest BCUT2D eigenvalue weighted by Gasteiger charge is 2.34. The summed E-state index contributed by atoms with van der Waals surface area (Å²) in [6.45, 7) is 6.84. The Morgan fingerprint density at radius 3 is 2.46 bits per heavy atom. The van der Waals surface area contributed by atoms with Gasteiger partial charge in [-0.3, -0.25) is 9.69 Å². The van der Waals surface area contributed by atoms with E-state index < -0.39 is 5.97 Å². The van der Waals surface area contributed by atoms with Crippen molar-refractivity contribution in [3.05, 3.63) is 23.8 Å². The van der Waals surface area contributed by atoms with E-state index >= 15 is 0 Å². The Kier molecular flexibility index (Phi) is 7.62. The van der Waals surface area contributed by atoms with Gasteiger partial charge in [-0.15, -0.1) is 0 Å². The molecule has 154 valence electrons. The number of aryl methyl sites for hydroxylation is 1. The van der Waals surface area contributed by atoms with E-state index in [1.54, 1.807) is 12.1 Å². The van der Waals surface area contributed by atoms with Crippen LogP contribution in [0.15, 0.2) is 18.2 Å². The molecule has 0 spiro atoms. The minimum Gasteiger partial charge on any atom is -0.480 e. The summed E-state index contributed by atoms with van der Waals surface area (Å²) in [5, 5.41) is 20.0. The molecule has 9 heteroatoms. The number of carboxylic acid groups (broad SMARTS) is 1. The molecule has 1 fully saturated rings. The Morgan fingerprint density at radius 1 is 1.14 bits per heavy atom. The molecule has 1 aromatic carbocycles. The molecule has 0 bridgehead atoms. The predicted molar refractivity (Wildman–Crippen MR) is 108 cm³/mol. The van der Waals surface area contributed by atoms with Crippen LogP contribution >= 0.6 is 0 Å². The number of aliphatic carboxylic acids is 1. The molecule has 28 heavy (non-hydrogen) atoms. The maximum atomic E-state index is 12.3. The van der Waals surface area contributed by atoms with Crippen molar-refractivity contribution in [1.29, 1.82) is 0 Å². The standard InChI is InChI=1S/C19H29N5O4/c1-4-20-18(27)21-13-7-6-12(3)16(10-13)23-19(28)22-14-8-15(9-14)24(5-2)11-17(25)26/h6-7,10,14-15H,4-5,8-9,11H2,1-3H3,(H,25,26)(H2,20,21,27)(H2,22,23,28). The lowest BCUT2D eigenvalue weighted by atomic mass is 9.85. The van der Waals surface area contributed by atoms with Crippen molar-refractivity contribution in [1.82, 2.24) is 15.5 Å². The highest BCUT2D eigenvalue weighted by atomic mass is 16.4. The van der Waals surface area contributed by atoms with Gasteiger partial charge in [0.05, 0.1) is 6.54 Å². The normalized spacial score (nSPS) is 18.1. The Bertz CT molecular complexity index is 718. The Morgan fingerprint density at radius 2 is 1.86 bits per heavy atom. The van der Waals surface area contributed by atoms with Crippen LogP contribution in [0.1, 0.15) is 32.3 Å². The summed E-state index contributed by atoms with van der Waals surface area (Å²) in [5.74, 6) is -0.840. The summed E-state index contributed by atoms with van der Waals surface area (Å²) in [7, 11) is 0. The third kappa shape index (κ3) is 6.12. The van der Waals surface area contributed by atoms with Crippen molar-refractivity contribution < 1.29 is 19.5 Å². The van der Waals surface area contributed by atoms with Gasteiger partial charge in [-0.05, 0) is 50.9 Å². The third-order valence-electron chi connectivity index (χ3n) is 4.79. The minimum absolute atomic E-state index is 0.0183. The minimum atomic E-state index is -0.840. The largest absolute Gasteiger partial charge is 0.480 e. The van der Waals surface area contributed by atoms with Gasteiger partial charge in [-0.25, -0.2) is 9.59 Å². The monoisotopic (exact) mass is 391 g/mol. The number of anilines is 2. The molecule has 0 radical (unpaired) electrons. The van der Waals surface area contributed by atoms with Gasteiger partial charge in [0.2, 0.25) is 0 Å². The first-order chi connectivity index (χ1) is 13.3. The number of rotatable bonds is 8. The zero-order valence-electron chi connectivity index (χ0n) is 16.5. The first kappa shape index (κ1) is 21.5. The molecule has 0 saturated heterocycles. The summed E-state index contributed by atoms with van der Waals surface area (Å²) >= 11 is 0. The molecule has 1 aliphatic rings. The Balaban J connectivity index is 1.85. The molecule has 1 saturated carbocycles. The van der Waals surface area contributed by atoms with E-state index in [0.717, 1.165) is 18.4 Å². The van der Waals surface area contributed by atoms with Gasteiger partial charge in [0.1, 0.15) is 0 Å². The average Bonchev–Trinajstić information content (AvgIpc) is 2.59. The van der Waals surface area contributed by atoms with Crippen molar-refractivity contribution in [2.75, 3.05) is 30.3 Å². The lowest BCUT2D eigenvalue weighted by Crippen LogP contribution is -2.55. The molecule has 5 N–H and O–H groups in total. The molecule has 1 aliphatic carbocycles. The van der Waals surface area contributed by atoms with Gasteiger partial charge in [0, 0.05) is 30.0 Å². The van der Waals surface area contributed by atoms with Crippen LogP contribution in [0, 0.1) is 6.92 Å². The number of hydrogen-bond acceptors (Lipinski definition) is 4. The maximum Gasteiger partial charge on any atom is 0.319 e. The molecular formula is C19H29N5O4. The van der Waals surface area contributed by atoms with Crippen LogP contribution < -0.4 is 21.3 Å². The van der Waals surface area contributed by atoms with Crippen LogP contribution in [-0.2, 0) is 4.79 Å². The van der Waals surface area contributed by atoms with E-state index in [2.05, 4.69) is 21.3 Å². The van der Waals surface area contributed by atoms with Crippen molar-refractivity contribution in [2.45, 2.75) is 45.7 Å². The van der Waals surface area contributed by atoms with Gasteiger partial charge in [0.25, 0.3) is 0 Å². The fourth-order valence-corrected chi connectivity index (χ4v) is 3.19. The second kappa shape index (κ2) is 9.93. The molecule has 0 heterocycles. The summed E-state index contributed by atoms with van der Waals surface area (Å²) in [6, 6.07) is 4.88. The number of nitrogens with zero attached hydrogens (tertiary/aromatic N) is 1. The maximum absolute atomic E-state index is 12.3. The van der Waals surface area contributed by atoms with Crippen molar-refractivity contribution in [3.63, 3.8) is 0 Å². The van der Waals surface area contributed by atoms with Crippen LogP contribution in [0.4, 0.5) is 21.0 Å². The summed E-state index contributed by atoms with van der Waals surface area (Å²) in [6.07, 6.45) is 1.46. The third-order valence-corrected chi connectivity index (χ3v) is 4.79. The van der Waals surface area contributed by atoms with Crippen LogP contribution in [0.3, 0.4) is 0 Å². The first-order valence-corrected chi connectivity index (χ1v) is 9.51. The quantitative estimate of drug-likeness (QED) is 0.465. The van der Waals surface area contributed by atoms with E-state index in [1.165, 1.54) is 0 Å². The van der Waals surface area contributed by atoms with Gasteiger partial charge >= 0.3 is 18.0 Å². The van der Waals surface area contributed by atoms with E-state index in [4.69, 9.17) is 5.11 Å². The summed E-state index contributed by atoms with van der Waals surface area (Å²) in [5.41, 5.74) is 2.08. The zero-order valence-corrected chi connectivity index (χ0v) is 16.5. The number of hydrogen-bond donors (Lipinski definition) is 5. The van der Waals surface area contributed by atoms with E-state index in [0.29, 0.717) is 24.5 Å². The molecule has 0 aromatic heterocycles. The fourth-order valence-electron chi connectivity index (χ4n) is 3.19. The first-order valence-electron chi connectivity index (χ1n) is 9.51. The van der Waals surface area contributed by atoms with Gasteiger partial charge in [0.15, 0.2) is 0 Å². The summed E-state index contributed by atoms with van der Waals surface area (Å²) in [4.78, 5) is 36.7. The molecule has 4 amide bonds. The predicted octanol–water partition coefficient (Wildman–Crippen LogP) is 2.20. The van der Waals surface area contributed by atoms with Crippen LogP contribution in [-0.4, -0.2) is 59.8 Å². The van der Waals surface area contributed by atoms with Crippen LogP contribution in [0.5, 0.6) is 0 Å². The molecule has 0 aliphatic heterocycles. The lowest BCUT2D eigenvalue weighted by Gasteiger charge is -2.42. The van der Waals surface area contributed by atoms with Gasteiger partial charge < -0.3 is 26.4 Å². The SMILES string of the molecule is CCNC(=O)Nc1ccc(C)c(NC(=O)NC2CC(N(CC)CC(=O)O)C2)c1. The van der Waals surface area contributed by atoms with Crippen molar-refractivity contribution >= 4 is 29.4 Å². The van der Waals surface area contributed by atoms with Crippen molar-refractivity contribution in [3.8, 4) is 0 Å². The van der Waals surface area contributed by atoms with Crippen LogP contribution in [0.25, 0.3) is 0 Å². The molecule has 9 nitrogen and oxygen atoms in total. The smallest absolute Gasteiger partial charge is 0.319 e. The summed E-state index contributed by atoms with van der Waals surface area (Å²) < 4.78 is 0. The van der Waals surface area contributed by atoms with Crippen molar-refractivity contribution in [2.24, 2.45) is 0 Å². The number of nitrogens with one attached hydrogen (secondary N) is 4. The average molecular weight is 391 g/mol. The molecule has 0 unspecified atom stereocenters. The second-order valence-electron chi connectivity index (χ2n) is 6.89. The highest BCUT2D eigenvalue weighted by molar-refractivity contribution is 5.93. The van der Waals surface area contributed by atoms with E-state index in [9.17, 15) is 14.4 Å². The lowest BCUT2D eigenvalue weighted by molar-refractivity contribution is -0.139. The fraction of sp³-hybridized carbons (Fsp3) is 0.526. The second-order valence-corrected chi connectivity index (χ2v) is 6.89. The molecule has 0 atom stereocenters. The Labute approximate surface area is 164 Å². The molecule has 1 aromatic rings. The van der Waals surface area contributed by atoms with Gasteiger partial charge in [-0.1, -0.05) is 13.0 Å². The topological polar surface area (TPSA) is 123 Å². The zero-order chi connectivity index (χ0) is 20.7. The number of benzene rings is 1. The van der Waals surface area contributed by atoms with E-state index in [-0.39, 0.29) is 30.7 Å². The highest BCUT2D eigenvalue weighted by Crippen LogP contribution is 2.26. The number of likely N-dealkylation sites (N-methyl/N-ethyl adjacent to an activating group) is 1. The number of carbonyl (C=O) groups is 3. The number of urea groups is 2. The number of carbonyl (C=O) groups excluding carboxylic acids is 2. The molecule has 2 rings (SSSR count). The number of amides is 4. The molecular weight excluding hydrogens is 362 g/mol. The Hall–Kier alpha value is -2.81.